The molecule has 0 aliphatic rings. The molecule has 0 radical (unpaired) electrons. The minimum Gasteiger partial charge on any atom is -0.496 e. The van der Waals surface area contributed by atoms with Crippen molar-refractivity contribution in [2.45, 2.75) is 6.42 Å². The van der Waals surface area contributed by atoms with Gasteiger partial charge in [-0.15, -0.1) is 0 Å². The van der Waals surface area contributed by atoms with Crippen LogP contribution >= 0.6 is 0 Å². The van der Waals surface area contributed by atoms with Gasteiger partial charge < -0.3 is 15.8 Å². The van der Waals surface area contributed by atoms with Crippen LogP contribution in [0.2, 0.25) is 0 Å². The van der Waals surface area contributed by atoms with Crippen LogP contribution in [0.15, 0.2) is 60.7 Å². The lowest BCUT2D eigenvalue weighted by atomic mass is 9.99. The van der Waals surface area contributed by atoms with Crippen LogP contribution in [-0.2, 0) is 6.42 Å². The molecule has 4 nitrogen and oxygen atoms in total. The average Bonchev–Trinajstić information content (AvgIpc) is 2.65. The number of hydrogen-bond acceptors (Lipinski definition) is 4. The number of aromatic nitrogens is 1. The Labute approximate surface area is 142 Å². The molecule has 0 fully saturated rings. The Morgan fingerprint density at radius 1 is 1.08 bits per heavy atom. The van der Waals surface area contributed by atoms with E-state index in [0.29, 0.717) is 12.5 Å². The smallest absolute Gasteiger partial charge is 0.131 e. The summed E-state index contributed by atoms with van der Waals surface area (Å²) in [6.45, 7) is 1.41. The van der Waals surface area contributed by atoms with Gasteiger partial charge in [-0.2, -0.15) is 0 Å². The zero-order valence-corrected chi connectivity index (χ0v) is 13.9. The Hall–Kier alpha value is -2.59. The molecular formula is C20H23N3O. The van der Waals surface area contributed by atoms with Gasteiger partial charge in [-0.3, -0.25) is 0 Å². The Balaban J connectivity index is 1.72. The monoisotopic (exact) mass is 321 g/mol. The van der Waals surface area contributed by atoms with E-state index in [1.807, 2.05) is 36.4 Å². The third kappa shape index (κ3) is 3.84. The molecule has 2 aromatic carbocycles. The third-order valence-corrected chi connectivity index (χ3v) is 4.17. The van der Waals surface area contributed by atoms with E-state index in [1.165, 1.54) is 5.56 Å². The molecule has 3 rings (SSSR count). The molecule has 1 heterocycles. The van der Waals surface area contributed by atoms with E-state index in [-0.39, 0.29) is 0 Å². The molecule has 0 saturated carbocycles. The van der Waals surface area contributed by atoms with Crippen LogP contribution in [0.4, 0.5) is 5.82 Å². The molecule has 1 aromatic heterocycles. The van der Waals surface area contributed by atoms with Crippen molar-refractivity contribution in [2.75, 3.05) is 25.5 Å². The highest BCUT2D eigenvalue weighted by Crippen LogP contribution is 2.27. The number of nitrogens with one attached hydrogen (secondary N) is 1. The summed E-state index contributed by atoms with van der Waals surface area (Å²) in [7, 11) is 1.68. The van der Waals surface area contributed by atoms with Crippen LogP contribution in [0, 0.1) is 5.92 Å². The normalized spacial score (nSPS) is 12.1. The van der Waals surface area contributed by atoms with Crippen LogP contribution < -0.4 is 15.8 Å². The van der Waals surface area contributed by atoms with Crippen molar-refractivity contribution in [1.29, 1.82) is 0 Å². The van der Waals surface area contributed by atoms with E-state index in [2.05, 4.69) is 34.6 Å². The molecule has 3 N–H and O–H groups in total. The number of pyridine rings is 1. The van der Waals surface area contributed by atoms with Crippen LogP contribution in [-0.4, -0.2) is 25.2 Å². The van der Waals surface area contributed by atoms with Gasteiger partial charge in [0, 0.05) is 18.0 Å². The number of methoxy groups -OCH3 is 1. The minimum atomic E-state index is 0.353. The van der Waals surface area contributed by atoms with E-state index < -0.39 is 0 Å². The van der Waals surface area contributed by atoms with Gasteiger partial charge in [0.05, 0.1) is 12.6 Å². The molecule has 24 heavy (non-hydrogen) atoms. The van der Waals surface area contributed by atoms with Crippen LogP contribution in [0.1, 0.15) is 5.56 Å². The summed E-state index contributed by atoms with van der Waals surface area (Å²) in [4.78, 5) is 4.67. The van der Waals surface area contributed by atoms with E-state index in [1.54, 1.807) is 7.11 Å². The summed E-state index contributed by atoms with van der Waals surface area (Å²) in [5, 5.41) is 4.43. The number of ether oxygens (including phenoxy) is 1. The highest BCUT2D eigenvalue weighted by atomic mass is 16.5. The van der Waals surface area contributed by atoms with Gasteiger partial charge in [0.1, 0.15) is 11.6 Å². The number of hydrogen-bond donors (Lipinski definition) is 2. The fourth-order valence-corrected chi connectivity index (χ4v) is 2.84. The van der Waals surface area contributed by atoms with Crippen molar-refractivity contribution in [3.63, 3.8) is 0 Å². The second-order valence-electron chi connectivity index (χ2n) is 5.90. The molecule has 0 amide bonds. The summed E-state index contributed by atoms with van der Waals surface area (Å²) in [5.74, 6) is 2.00. The Morgan fingerprint density at radius 3 is 2.58 bits per heavy atom. The zero-order chi connectivity index (χ0) is 16.8. The first kappa shape index (κ1) is 16.3. The highest BCUT2D eigenvalue weighted by Gasteiger charge is 2.10. The molecule has 0 spiro atoms. The topological polar surface area (TPSA) is 60.2 Å². The Kier molecular flexibility index (Phi) is 5.29. The molecule has 0 aliphatic carbocycles. The molecule has 4 heteroatoms. The first-order valence-electron chi connectivity index (χ1n) is 8.22. The first-order chi connectivity index (χ1) is 11.8. The molecular weight excluding hydrogens is 298 g/mol. The average molecular weight is 321 g/mol. The van der Waals surface area contributed by atoms with E-state index >= 15 is 0 Å². The molecule has 1 atom stereocenters. The highest BCUT2D eigenvalue weighted by molar-refractivity contribution is 5.86. The van der Waals surface area contributed by atoms with Crippen LogP contribution in [0.25, 0.3) is 10.9 Å². The summed E-state index contributed by atoms with van der Waals surface area (Å²) in [6, 6.07) is 20.4. The zero-order valence-electron chi connectivity index (χ0n) is 13.9. The second-order valence-corrected chi connectivity index (χ2v) is 5.90. The summed E-state index contributed by atoms with van der Waals surface area (Å²) >= 11 is 0. The fourth-order valence-electron chi connectivity index (χ4n) is 2.84. The lowest BCUT2D eigenvalue weighted by molar-refractivity contribution is 0.419. The van der Waals surface area contributed by atoms with Gasteiger partial charge in [0.25, 0.3) is 0 Å². The predicted octanol–water partition coefficient (Wildman–Crippen LogP) is 3.47. The summed E-state index contributed by atoms with van der Waals surface area (Å²) in [6.07, 6.45) is 0.953. The number of fused-ring (bicyclic) bond motifs is 1. The number of benzene rings is 2. The standard InChI is InChI=1S/C20H23N3O/c1-24-19-12-20(23-18-10-6-5-9-17(18)19)22-14-16(13-21)11-15-7-3-2-4-8-15/h2-10,12,16H,11,13-14,21H2,1H3,(H,22,23). The maximum atomic E-state index is 5.95. The van der Waals surface area contributed by atoms with Crippen LogP contribution in [0.5, 0.6) is 5.75 Å². The lowest BCUT2D eigenvalue weighted by Gasteiger charge is -2.17. The molecule has 3 aromatic rings. The largest absolute Gasteiger partial charge is 0.496 e. The van der Waals surface area contributed by atoms with Crippen molar-refractivity contribution in [2.24, 2.45) is 11.7 Å². The van der Waals surface area contributed by atoms with Gasteiger partial charge in [0.2, 0.25) is 0 Å². The van der Waals surface area contributed by atoms with Crippen molar-refractivity contribution < 1.29 is 4.74 Å². The van der Waals surface area contributed by atoms with Gasteiger partial charge in [-0.05, 0) is 36.6 Å². The van der Waals surface area contributed by atoms with Gasteiger partial charge in [-0.1, -0.05) is 42.5 Å². The number of anilines is 1. The van der Waals surface area contributed by atoms with Crippen molar-refractivity contribution >= 4 is 16.7 Å². The first-order valence-corrected chi connectivity index (χ1v) is 8.22. The van der Waals surface area contributed by atoms with E-state index in [0.717, 1.165) is 35.4 Å². The molecule has 0 saturated heterocycles. The predicted molar refractivity (Wildman–Crippen MR) is 99.5 cm³/mol. The molecule has 1 unspecified atom stereocenters. The van der Waals surface area contributed by atoms with E-state index in [9.17, 15) is 0 Å². The summed E-state index contributed by atoms with van der Waals surface area (Å²) < 4.78 is 5.49. The van der Waals surface area contributed by atoms with Crippen molar-refractivity contribution in [1.82, 2.24) is 4.98 Å². The summed E-state index contributed by atoms with van der Waals surface area (Å²) in [5.41, 5.74) is 8.17. The lowest BCUT2D eigenvalue weighted by Crippen LogP contribution is -2.25. The minimum absolute atomic E-state index is 0.353. The third-order valence-electron chi connectivity index (χ3n) is 4.17. The maximum absolute atomic E-state index is 5.95. The fraction of sp³-hybridized carbons (Fsp3) is 0.250. The van der Waals surface area contributed by atoms with Gasteiger partial charge in [-0.25, -0.2) is 4.98 Å². The number of nitrogens with zero attached hydrogens (tertiary/aromatic N) is 1. The van der Waals surface area contributed by atoms with Crippen molar-refractivity contribution in [3.8, 4) is 5.75 Å². The number of para-hydroxylation sites is 1. The maximum Gasteiger partial charge on any atom is 0.131 e. The SMILES string of the molecule is COc1cc(NCC(CN)Cc2ccccc2)nc2ccccc12. The molecule has 0 aliphatic heterocycles. The number of nitrogens with two attached hydrogens (primary N) is 1. The van der Waals surface area contributed by atoms with Crippen LogP contribution in [0.3, 0.4) is 0 Å². The van der Waals surface area contributed by atoms with Gasteiger partial charge in [0.15, 0.2) is 0 Å². The molecule has 0 bridgehead atoms. The Morgan fingerprint density at radius 2 is 1.83 bits per heavy atom. The molecule has 124 valence electrons. The number of rotatable bonds is 7. The van der Waals surface area contributed by atoms with Crippen molar-refractivity contribution in [3.05, 3.63) is 66.2 Å². The quantitative estimate of drug-likeness (QED) is 0.699. The van der Waals surface area contributed by atoms with Gasteiger partial charge >= 0.3 is 0 Å². The Bertz CT molecular complexity index is 789. The second kappa shape index (κ2) is 7.79. The van der Waals surface area contributed by atoms with E-state index in [4.69, 9.17) is 10.5 Å².